The Hall–Kier alpha value is -0.770. The number of carboxylic acid groups (broad SMARTS) is 1. The van der Waals surface area contributed by atoms with Crippen molar-refractivity contribution in [2.75, 3.05) is 6.61 Å². The van der Waals surface area contributed by atoms with Crippen LogP contribution in [0.4, 0.5) is 4.79 Å². The van der Waals surface area contributed by atoms with Crippen LogP contribution in [-0.2, 0) is 4.74 Å². The van der Waals surface area contributed by atoms with Crippen molar-refractivity contribution in [2.45, 2.75) is 6.92 Å². The lowest BCUT2D eigenvalue weighted by Crippen LogP contribution is -2.13. The van der Waals surface area contributed by atoms with Crippen LogP contribution in [0.15, 0.2) is 22.7 Å². The molecule has 1 fully saturated rings. The third kappa shape index (κ3) is 1.38. The van der Waals surface area contributed by atoms with E-state index in [1.807, 2.05) is 12.2 Å². The second-order valence-corrected chi connectivity index (χ2v) is 4.92. The first-order valence-corrected chi connectivity index (χ1v) is 5.24. The van der Waals surface area contributed by atoms with Gasteiger partial charge in [0.2, 0.25) is 0 Å². The van der Waals surface area contributed by atoms with E-state index in [9.17, 15) is 4.79 Å². The van der Waals surface area contributed by atoms with Gasteiger partial charge in [-0.3, -0.25) is 0 Å². The van der Waals surface area contributed by atoms with Gasteiger partial charge in [-0.25, -0.2) is 4.79 Å². The second kappa shape index (κ2) is 3.12. The van der Waals surface area contributed by atoms with E-state index in [2.05, 4.69) is 33.7 Å². The maximum absolute atomic E-state index is 10.3. The number of ether oxygens (including phenoxy) is 1. The lowest BCUT2D eigenvalue weighted by molar-refractivity contribution is 0.0721. The molecule has 2 aliphatic rings. The van der Waals surface area contributed by atoms with E-state index in [0.717, 1.165) is 4.48 Å². The summed E-state index contributed by atoms with van der Waals surface area (Å²) < 4.78 is 5.78. The van der Waals surface area contributed by atoms with Crippen LogP contribution < -0.4 is 0 Å². The topological polar surface area (TPSA) is 46.5 Å². The highest BCUT2D eigenvalue weighted by Crippen LogP contribution is 2.65. The number of carbonyl (C=O) groups is 1. The van der Waals surface area contributed by atoms with Gasteiger partial charge in [-0.1, -0.05) is 41.1 Å². The molecule has 2 rings (SSSR count). The minimum atomic E-state index is -1.20. The first-order chi connectivity index (χ1) is 6.55. The lowest BCUT2D eigenvalue weighted by atomic mass is 10.1. The fourth-order valence-electron chi connectivity index (χ4n) is 2.19. The normalized spacial score (nSPS) is 38.6. The van der Waals surface area contributed by atoms with E-state index in [-0.39, 0.29) is 12.0 Å². The number of allylic oxidation sites excluding steroid dienone is 4. The Labute approximate surface area is 90.6 Å². The van der Waals surface area contributed by atoms with Gasteiger partial charge in [0.25, 0.3) is 0 Å². The first-order valence-electron chi connectivity index (χ1n) is 4.45. The standard InChI is InChI=1S/C10H11BrO3/c1-10(5-14-9(12)13)6-3-2-4-7(11)8(6)10/h2-4,6,8H,5H2,1H3,(H,12,13)/t6-,8-,10+/m1/s1. The van der Waals surface area contributed by atoms with Crippen LogP contribution in [0.25, 0.3) is 0 Å². The summed E-state index contributed by atoms with van der Waals surface area (Å²) in [5.41, 5.74) is -0.0548. The molecule has 0 amide bonds. The molecule has 3 atom stereocenters. The number of halogens is 1. The maximum atomic E-state index is 10.3. The predicted octanol–water partition coefficient (Wildman–Crippen LogP) is 2.78. The van der Waals surface area contributed by atoms with Gasteiger partial charge < -0.3 is 9.84 Å². The van der Waals surface area contributed by atoms with Crippen LogP contribution in [0.1, 0.15) is 6.92 Å². The molecule has 0 aromatic rings. The molecule has 2 aliphatic carbocycles. The van der Waals surface area contributed by atoms with Crippen molar-refractivity contribution in [3.05, 3.63) is 22.7 Å². The van der Waals surface area contributed by atoms with Crippen LogP contribution in [0, 0.1) is 17.3 Å². The Kier molecular flexibility index (Phi) is 2.18. The number of fused-ring (bicyclic) bond motifs is 1. The molecule has 0 heterocycles. The molecule has 4 heteroatoms. The Morgan fingerprint density at radius 3 is 3.07 bits per heavy atom. The molecule has 0 aromatic heterocycles. The van der Waals surface area contributed by atoms with Crippen LogP contribution in [0.5, 0.6) is 0 Å². The molecular weight excluding hydrogens is 248 g/mol. The molecule has 0 spiro atoms. The molecule has 76 valence electrons. The van der Waals surface area contributed by atoms with Gasteiger partial charge in [-0.05, 0) is 10.4 Å². The van der Waals surface area contributed by atoms with E-state index < -0.39 is 6.16 Å². The third-order valence-electron chi connectivity index (χ3n) is 3.10. The Balaban J connectivity index is 2.04. The summed E-state index contributed by atoms with van der Waals surface area (Å²) in [5.74, 6) is 0.813. The number of rotatable bonds is 2. The second-order valence-electron chi connectivity index (χ2n) is 4.00. The molecule has 1 saturated carbocycles. The van der Waals surface area contributed by atoms with Gasteiger partial charge in [0, 0.05) is 11.3 Å². The number of hydrogen-bond acceptors (Lipinski definition) is 2. The summed E-state index contributed by atoms with van der Waals surface area (Å²) in [5, 5.41) is 8.44. The highest BCUT2D eigenvalue weighted by molar-refractivity contribution is 9.11. The molecule has 3 nitrogen and oxygen atoms in total. The molecule has 1 N–H and O–H groups in total. The van der Waals surface area contributed by atoms with E-state index in [4.69, 9.17) is 5.11 Å². The zero-order valence-electron chi connectivity index (χ0n) is 7.74. The van der Waals surface area contributed by atoms with Crippen LogP contribution >= 0.6 is 15.9 Å². The zero-order chi connectivity index (χ0) is 10.3. The van der Waals surface area contributed by atoms with Gasteiger partial charge in [0.15, 0.2) is 0 Å². The monoisotopic (exact) mass is 258 g/mol. The molecule has 0 bridgehead atoms. The summed E-state index contributed by atoms with van der Waals surface area (Å²) in [7, 11) is 0. The summed E-state index contributed by atoms with van der Waals surface area (Å²) in [6.07, 6.45) is 4.92. The average Bonchev–Trinajstić information content (AvgIpc) is 2.72. The van der Waals surface area contributed by atoms with Gasteiger partial charge >= 0.3 is 6.16 Å². The van der Waals surface area contributed by atoms with Crippen LogP contribution in [-0.4, -0.2) is 17.9 Å². The van der Waals surface area contributed by atoms with Crippen molar-refractivity contribution < 1.29 is 14.6 Å². The highest BCUT2D eigenvalue weighted by atomic mass is 79.9. The Bertz CT molecular complexity index is 334. The highest BCUT2D eigenvalue weighted by Gasteiger charge is 2.62. The van der Waals surface area contributed by atoms with Gasteiger partial charge in [0.1, 0.15) is 6.61 Å². The number of hydrogen-bond donors (Lipinski definition) is 1. The molecule has 0 radical (unpaired) electrons. The quantitative estimate of drug-likeness (QED) is 0.775. The predicted molar refractivity (Wildman–Crippen MR) is 55.2 cm³/mol. The lowest BCUT2D eigenvalue weighted by Gasteiger charge is -2.09. The van der Waals surface area contributed by atoms with Gasteiger partial charge in [-0.2, -0.15) is 0 Å². The van der Waals surface area contributed by atoms with Gasteiger partial charge in [-0.15, -0.1) is 0 Å². The summed E-state index contributed by atoms with van der Waals surface area (Å²) >= 11 is 3.48. The molecule has 0 aliphatic heterocycles. The molecular formula is C10H11BrO3. The fraction of sp³-hybridized carbons (Fsp3) is 0.500. The molecule has 0 unspecified atom stereocenters. The Morgan fingerprint density at radius 1 is 1.79 bits per heavy atom. The Morgan fingerprint density at radius 2 is 2.50 bits per heavy atom. The van der Waals surface area contributed by atoms with Crippen molar-refractivity contribution >= 4 is 22.1 Å². The van der Waals surface area contributed by atoms with Crippen molar-refractivity contribution in [1.29, 1.82) is 0 Å². The molecule has 14 heavy (non-hydrogen) atoms. The average molecular weight is 259 g/mol. The zero-order valence-corrected chi connectivity index (χ0v) is 9.32. The first kappa shape index (κ1) is 9.77. The fourth-order valence-corrected chi connectivity index (χ4v) is 3.15. The maximum Gasteiger partial charge on any atom is 0.505 e. The van der Waals surface area contributed by atoms with Crippen molar-refractivity contribution in [1.82, 2.24) is 0 Å². The van der Waals surface area contributed by atoms with Crippen molar-refractivity contribution in [3.63, 3.8) is 0 Å². The van der Waals surface area contributed by atoms with Gasteiger partial charge in [0.05, 0.1) is 0 Å². The van der Waals surface area contributed by atoms with E-state index in [1.54, 1.807) is 0 Å². The minimum absolute atomic E-state index is 0.0548. The van der Waals surface area contributed by atoms with E-state index >= 15 is 0 Å². The summed E-state index contributed by atoms with van der Waals surface area (Å²) in [6.45, 7) is 2.32. The van der Waals surface area contributed by atoms with Crippen molar-refractivity contribution in [2.24, 2.45) is 17.3 Å². The smallest absolute Gasteiger partial charge is 0.450 e. The molecule has 0 saturated heterocycles. The SMILES string of the molecule is C[C@]1(COC(=O)O)[C@@H]2C=CC=C(Br)[C@@H]21. The summed E-state index contributed by atoms with van der Waals surface area (Å²) in [6, 6.07) is 0. The van der Waals surface area contributed by atoms with Crippen LogP contribution in [0.2, 0.25) is 0 Å². The van der Waals surface area contributed by atoms with E-state index in [1.165, 1.54) is 0 Å². The van der Waals surface area contributed by atoms with Crippen LogP contribution in [0.3, 0.4) is 0 Å². The molecule has 0 aromatic carbocycles. The third-order valence-corrected chi connectivity index (χ3v) is 3.86. The van der Waals surface area contributed by atoms with E-state index in [0.29, 0.717) is 11.8 Å². The minimum Gasteiger partial charge on any atom is -0.450 e. The largest absolute Gasteiger partial charge is 0.505 e. The summed E-state index contributed by atoms with van der Waals surface area (Å²) in [4.78, 5) is 10.3. The van der Waals surface area contributed by atoms with Crippen molar-refractivity contribution in [3.8, 4) is 0 Å².